The van der Waals surface area contributed by atoms with Gasteiger partial charge in [-0.2, -0.15) is 5.10 Å². The summed E-state index contributed by atoms with van der Waals surface area (Å²) in [7, 11) is 0. The molecule has 0 fully saturated rings. The number of nitrogens with zero attached hydrogens (tertiary/aromatic N) is 2. The summed E-state index contributed by atoms with van der Waals surface area (Å²) in [6, 6.07) is 16.4. The Labute approximate surface area is 132 Å². The number of rotatable bonds is 5. The molecule has 0 bridgehead atoms. The van der Waals surface area contributed by atoms with Gasteiger partial charge < -0.3 is 4.74 Å². The Morgan fingerprint density at radius 1 is 1.10 bits per heavy atom. The van der Waals surface area contributed by atoms with Crippen LogP contribution in [0.25, 0.3) is 10.9 Å². The number of halogens is 1. The molecule has 0 unspecified atom stereocenters. The van der Waals surface area contributed by atoms with Gasteiger partial charge in [-0.15, -0.1) is 0 Å². The first-order valence-corrected chi connectivity index (χ1v) is 8.16. The Morgan fingerprint density at radius 2 is 1.86 bits per heavy atom. The van der Waals surface area contributed by atoms with E-state index in [4.69, 9.17) is 4.74 Å². The number of aryl methyl sites for hydroxylation is 1. The van der Waals surface area contributed by atoms with Crippen molar-refractivity contribution in [3.05, 3.63) is 59.8 Å². The number of fused-ring (bicyclic) bond motifs is 1. The second-order valence-electron chi connectivity index (χ2n) is 4.81. The molecule has 0 saturated carbocycles. The van der Waals surface area contributed by atoms with Gasteiger partial charge in [-0.05, 0) is 19.1 Å². The molecule has 108 valence electrons. The zero-order valence-electron chi connectivity index (χ0n) is 11.9. The van der Waals surface area contributed by atoms with E-state index < -0.39 is 0 Å². The Kier molecular flexibility index (Phi) is 4.25. The van der Waals surface area contributed by atoms with Crippen molar-refractivity contribution >= 4 is 26.8 Å². The van der Waals surface area contributed by atoms with Crippen LogP contribution >= 0.6 is 15.9 Å². The molecule has 4 heteroatoms. The molecule has 0 aliphatic carbocycles. The molecule has 0 amide bonds. The average molecular weight is 345 g/mol. The number of hydrogen-bond acceptors (Lipinski definition) is 2. The minimum Gasteiger partial charge on any atom is -0.487 e. The maximum absolute atomic E-state index is 5.97. The second kappa shape index (κ2) is 6.31. The highest BCUT2D eigenvalue weighted by Gasteiger charge is 2.10. The minimum absolute atomic E-state index is 0.484. The van der Waals surface area contributed by atoms with Crippen LogP contribution in [0.5, 0.6) is 5.75 Å². The van der Waals surface area contributed by atoms with Crippen LogP contribution in [0.15, 0.2) is 48.5 Å². The van der Waals surface area contributed by atoms with E-state index in [0.29, 0.717) is 6.61 Å². The zero-order valence-corrected chi connectivity index (χ0v) is 13.5. The second-order valence-corrected chi connectivity index (χ2v) is 5.37. The standard InChI is InChI=1S/C17H17BrN2O/c1-2-20-16-9-5-4-8-14(16)15(19-20)12-21-17-10-6-3-7-13(17)11-18/h3-10H,2,11-12H2,1H3. The van der Waals surface area contributed by atoms with Crippen LogP contribution in [0, 0.1) is 0 Å². The third-order valence-corrected chi connectivity index (χ3v) is 4.12. The normalized spacial score (nSPS) is 11.0. The molecule has 0 aliphatic rings. The van der Waals surface area contributed by atoms with Gasteiger partial charge in [0.1, 0.15) is 18.1 Å². The molecule has 0 radical (unpaired) electrons. The van der Waals surface area contributed by atoms with Gasteiger partial charge in [-0.3, -0.25) is 4.68 Å². The van der Waals surface area contributed by atoms with Gasteiger partial charge in [0, 0.05) is 22.8 Å². The molecular formula is C17H17BrN2O. The minimum atomic E-state index is 0.484. The van der Waals surface area contributed by atoms with Crippen LogP contribution in [0.2, 0.25) is 0 Å². The van der Waals surface area contributed by atoms with Gasteiger partial charge in [-0.1, -0.05) is 52.3 Å². The highest BCUT2D eigenvalue weighted by molar-refractivity contribution is 9.08. The molecular weight excluding hydrogens is 328 g/mol. The molecule has 3 aromatic rings. The van der Waals surface area contributed by atoms with Crippen molar-refractivity contribution in [2.24, 2.45) is 0 Å². The van der Waals surface area contributed by atoms with Gasteiger partial charge in [0.15, 0.2) is 0 Å². The SMILES string of the molecule is CCn1nc(COc2ccccc2CBr)c2ccccc21. The van der Waals surface area contributed by atoms with Crippen LogP contribution in [-0.2, 0) is 18.5 Å². The van der Waals surface area contributed by atoms with E-state index >= 15 is 0 Å². The zero-order chi connectivity index (χ0) is 14.7. The average Bonchev–Trinajstić information content (AvgIpc) is 2.91. The number of hydrogen-bond donors (Lipinski definition) is 0. The fourth-order valence-electron chi connectivity index (χ4n) is 2.45. The van der Waals surface area contributed by atoms with Crippen molar-refractivity contribution in [1.82, 2.24) is 9.78 Å². The van der Waals surface area contributed by atoms with Gasteiger partial charge in [0.25, 0.3) is 0 Å². The Morgan fingerprint density at radius 3 is 2.67 bits per heavy atom. The summed E-state index contributed by atoms with van der Waals surface area (Å²) in [5.41, 5.74) is 3.29. The molecule has 2 aromatic carbocycles. The monoisotopic (exact) mass is 344 g/mol. The molecule has 1 aromatic heterocycles. The van der Waals surface area contributed by atoms with Gasteiger partial charge >= 0.3 is 0 Å². The molecule has 0 N–H and O–H groups in total. The van der Waals surface area contributed by atoms with Crippen LogP contribution in [0.1, 0.15) is 18.2 Å². The molecule has 0 saturated heterocycles. The maximum Gasteiger partial charge on any atom is 0.133 e. The van der Waals surface area contributed by atoms with Crippen molar-refractivity contribution in [3.63, 3.8) is 0 Å². The van der Waals surface area contributed by atoms with Crippen molar-refractivity contribution in [1.29, 1.82) is 0 Å². The summed E-state index contributed by atoms with van der Waals surface area (Å²) in [5, 5.41) is 6.61. The lowest BCUT2D eigenvalue weighted by atomic mass is 10.2. The summed E-state index contributed by atoms with van der Waals surface area (Å²) in [5.74, 6) is 0.907. The number of para-hydroxylation sites is 2. The number of alkyl halides is 1. The van der Waals surface area contributed by atoms with Gasteiger partial charge in [-0.25, -0.2) is 0 Å². The lowest BCUT2D eigenvalue weighted by molar-refractivity contribution is 0.299. The van der Waals surface area contributed by atoms with Crippen molar-refractivity contribution < 1.29 is 4.74 Å². The Bertz CT molecular complexity index is 751. The summed E-state index contributed by atoms with van der Waals surface area (Å²) >= 11 is 3.49. The van der Waals surface area contributed by atoms with Crippen LogP contribution in [0.3, 0.4) is 0 Å². The third kappa shape index (κ3) is 2.81. The van der Waals surface area contributed by atoms with Crippen LogP contribution < -0.4 is 4.74 Å². The van der Waals surface area contributed by atoms with Crippen LogP contribution in [-0.4, -0.2) is 9.78 Å². The summed E-state index contributed by atoms with van der Waals surface area (Å²) in [6.07, 6.45) is 0. The summed E-state index contributed by atoms with van der Waals surface area (Å²) < 4.78 is 7.99. The predicted octanol–water partition coefficient (Wildman–Crippen LogP) is 4.53. The van der Waals surface area contributed by atoms with Crippen molar-refractivity contribution in [3.8, 4) is 5.75 Å². The lowest BCUT2D eigenvalue weighted by Gasteiger charge is -2.08. The van der Waals surface area contributed by atoms with Gasteiger partial charge in [0.05, 0.1) is 5.52 Å². The predicted molar refractivity (Wildman–Crippen MR) is 88.8 cm³/mol. The largest absolute Gasteiger partial charge is 0.487 e. The van der Waals surface area contributed by atoms with E-state index in [1.807, 2.05) is 35.0 Å². The molecule has 0 spiro atoms. The summed E-state index contributed by atoms with van der Waals surface area (Å²) in [6.45, 7) is 3.44. The molecule has 21 heavy (non-hydrogen) atoms. The molecule has 0 aliphatic heterocycles. The maximum atomic E-state index is 5.97. The number of aromatic nitrogens is 2. The summed E-state index contributed by atoms with van der Waals surface area (Å²) in [4.78, 5) is 0. The number of benzene rings is 2. The van der Waals surface area contributed by atoms with E-state index in [0.717, 1.165) is 39.8 Å². The smallest absolute Gasteiger partial charge is 0.133 e. The van der Waals surface area contributed by atoms with E-state index in [1.165, 1.54) is 0 Å². The topological polar surface area (TPSA) is 27.1 Å². The molecule has 0 atom stereocenters. The van der Waals surface area contributed by atoms with E-state index in [-0.39, 0.29) is 0 Å². The van der Waals surface area contributed by atoms with Gasteiger partial charge in [0.2, 0.25) is 0 Å². The van der Waals surface area contributed by atoms with Crippen LogP contribution in [0.4, 0.5) is 0 Å². The van der Waals surface area contributed by atoms with Crippen molar-refractivity contribution in [2.45, 2.75) is 25.4 Å². The first kappa shape index (κ1) is 14.1. The van der Waals surface area contributed by atoms with E-state index in [1.54, 1.807) is 0 Å². The van der Waals surface area contributed by atoms with E-state index in [2.05, 4.69) is 46.2 Å². The third-order valence-electron chi connectivity index (χ3n) is 3.51. The molecule has 1 heterocycles. The fraction of sp³-hybridized carbons (Fsp3) is 0.235. The molecule has 3 nitrogen and oxygen atoms in total. The highest BCUT2D eigenvalue weighted by atomic mass is 79.9. The first-order chi connectivity index (χ1) is 10.3. The highest BCUT2D eigenvalue weighted by Crippen LogP contribution is 2.24. The quantitative estimate of drug-likeness (QED) is 0.635. The lowest BCUT2D eigenvalue weighted by Crippen LogP contribution is -2.01. The number of ether oxygens (including phenoxy) is 1. The molecule has 3 rings (SSSR count). The first-order valence-electron chi connectivity index (χ1n) is 7.04. The van der Waals surface area contributed by atoms with E-state index in [9.17, 15) is 0 Å². The fourth-order valence-corrected chi connectivity index (χ4v) is 2.91. The Balaban J connectivity index is 1.88. The Hall–Kier alpha value is -1.81. The van der Waals surface area contributed by atoms with Crippen molar-refractivity contribution in [2.75, 3.05) is 0 Å².